The number of rotatable bonds is 1. The lowest BCUT2D eigenvalue weighted by molar-refractivity contribution is 0.961. The lowest BCUT2D eigenvalue weighted by atomic mass is 10.3. The Morgan fingerprint density at radius 1 is 1.06 bits per heavy atom. The average molecular weight is 229 g/mol. The van der Waals surface area contributed by atoms with Crippen LogP contribution < -0.4 is 4.90 Å². The van der Waals surface area contributed by atoms with Crippen LogP contribution in [-0.4, -0.2) is 16.5 Å². The van der Waals surface area contributed by atoms with Crippen LogP contribution in [0.15, 0.2) is 46.7 Å². The second-order valence-electron chi connectivity index (χ2n) is 3.53. The van der Waals surface area contributed by atoms with E-state index in [0.717, 1.165) is 6.54 Å². The molecule has 0 saturated heterocycles. The van der Waals surface area contributed by atoms with Crippen molar-refractivity contribution >= 4 is 23.1 Å². The molecule has 1 aliphatic rings. The molecule has 0 saturated carbocycles. The fraction of sp³-hybridized carbons (Fsp3) is 0.167. The number of fused-ring (bicyclic) bond motifs is 2. The van der Waals surface area contributed by atoms with Gasteiger partial charge in [0.05, 0.1) is 22.5 Å². The maximum Gasteiger partial charge on any atom is 0.0739 e. The van der Waals surface area contributed by atoms with Gasteiger partial charge >= 0.3 is 0 Å². The molecule has 3 heterocycles. The molecule has 1 aliphatic heterocycles. The van der Waals surface area contributed by atoms with Crippen molar-refractivity contribution in [3.05, 3.63) is 36.9 Å². The van der Waals surface area contributed by atoms with E-state index in [0.29, 0.717) is 0 Å². The summed E-state index contributed by atoms with van der Waals surface area (Å²) in [5.74, 6) is 0. The van der Waals surface area contributed by atoms with E-state index in [9.17, 15) is 0 Å². The van der Waals surface area contributed by atoms with Crippen molar-refractivity contribution < 1.29 is 0 Å². The first kappa shape index (κ1) is 9.66. The molecular weight excluding hydrogens is 218 g/mol. The summed E-state index contributed by atoms with van der Waals surface area (Å²) in [6, 6.07) is 4.11. The molecule has 4 heteroatoms. The molecule has 80 valence electrons. The summed E-state index contributed by atoms with van der Waals surface area (Å²) in [4.78, 5) is 13.1. The first-order chi connectivity index (χ1) is 7.90. The van der Waals surface area contributed by atoms with Crippen molar-refractivity contribution in [3.63, 3.8) is 0 Å². The maximum atomic E-state index is 4.20. The van der Waals surface area contributed by atoms with Gasteiger partial charge in [-0.2, -0.15) is 0 Å². The van der Waals surface area contributed by atoms with Gasteiger partial charge in [0.1, 0.15) is 0 Å². The van der Waals surface area contributed by atoms with Crippen LogP contribution in [-0.2, 0) is 0 Å². The molecule has 0 fully saturated rings. The smallest absolute Gasteiger partial charge is 0.0739 e. The highest BCUT2D eigenvalue weighted by Gasteiger charge is 2.21. The normalized spacial score (nSPS) is 13.2. The number of nitrogens with zero attached hydrogens (tertiary/aromatic N) is 3. The SMILES string of the molecule is CCN1c2ccncc2Sc2ccncc21. The van der Waals surface area contributed by atoms with E-state index in [1.54, 1.807) is 11.8 Å². The summed E-state index contributed by atoms with van der Waals surface area (Å²) in [5, 5.41) is 0. The summed E-state index contributed by atoms with van der Waals surface area (Å²) in [6.07, 6.45) is 7.52. The third-order valence-corrected chi connectivity index (χ3v) is 3.74. The largest absolute Gasteiger partial charge is 0.339 e. The first-order valence-electron chi connectivity index (χ1n) is 5.23. The highest BCUT2D eigenvalue weighted by Crippen LogP contribution is 2.46. The monoisotopic (exact) mass is 229 g/mol. The number of pyridine rings is 2. The van der Waals surface area contributed by atoms with Crippen LogP contribution in [0.1, 0.15) is 6.92 Å². The van der Waals surface area contributed by atoms with Crippen molar-refractivity contribution in [1.82, 2.24) is 9.97 Å². The highest BCUT2D eigenvalue weighted by molar-refractivity contribution is 7.99. The van der Waals surface area contributed by atoms with Crippen molar-refractivity contribution in [1.29, 1.82) is 0 Å². The third kappa shape index (κ3) is 1.38. The Hall–Kier alpha value is -1.55. The van der Waals surface area contributed by atoms with E-state index in [2.05, 4.69) is 33.9 Å². The van der Waals surface area contributed by atoms with Gasteiger partial charge in [-0.05, 0) is 19.1 Å². The lowest BCUT2D eigenvalue weighted by Gasteiger charge is -2.30. The summed E-state index contributed by atoms with van der Waals surface area (Å²) in [6.45, 7) is 3.09. The highest BCUT2D eigenvalue weighted by atomic mass is 32.2. The van der Waals surface area contributed by atoms with Gasteiger partial charge in [0, 0.05) is 30.0 Å². The Balaban J connectivity index is 2.19. The van der Waals surface area contributed by atoms with Gasteiger partial charge in [-0.15, -0.1) is 0 Å². The van der Waals surface area contributed by atoms with Crippen molar-refractivity contribution in [2.75, 3.05) is 11.4 Å². The lowest BCUT2D eigenvalue weighted by Crippen LogP contribution is -2.20. The minimum absolute atomic E-state index is 0.941. The molecule has 0 radical (unpaired) electrons. The molecule has 0 aliphatic carbocycles. The van der Waals surface area contributed by atoms with Crippen molar-refractivity contribution in [2.45, 2.75) is 16.7 Å². The molecule has 3 nitrogen and oxygen atoms in total. The Labute approximate surface area is 98.5 Å². The van der Waals surface area contributed by atoms with Crippen LogP contribution in [0.3, 0.4) is 0 Å². The van der Waals surface area contributed by atoms with E-state index in [-0.39, 0.29) is 0 Å². The molecule has 2 aromatic heterocycles. The minimum Gasteiger partial charge on any atom is -0.339 e. The summed E-state index contributed by atoms with van der Waals surface area (Å²) in [5.41, 5.74) is 2.41. The van der Waals surface area contributed by atoms with E-state index in [4.69, 9.17) is 0 Å². The van der Waals surface area contributed by atoms with E-state index in [1.165, 1.54) is 21.2 Å². The second-order valence-corrected chi connectivity index (χ2v) is 4.62. The fourth-order valence-electron chi connectivity index (χ4n) is 1.93. The maximum absolute atomic E-state index is 4.20. The molecule has 0 unspecified atom stereocenters. The zero-order chi connectivity index (χ0) is 11.0. The molecule has 0 atom stereocenters. The van der Waals surface area contributed by atoms with Crippen LogP contribution >= 0.6 is 11.8 Å². The molecule has 3 rings (SSSR count). The number of anilines is 2. The number of aromatic nitrogens is 2. The molecular formula is C12H11N3S. The molecule has 0 aromatic carbocycles. The van der Waals surface area contributed by atoms with Crippen LogP contribution in [0.25, 0.3) is 0 Å². The zero-order valence-electron chi connectivity index (χ0n) is 8.92. The molecule has 0 amide bonds. The minimum atomic E-state index is 0.941. The Morgan fingerprint density at radius 3 is 2.75 bits per heavy atom. The summed E-state index contributed by atoms with van der Waals surface area (Å²) in [7, 11) is 0. The van der Waals surface area contributed by atoms with Gasteiger partial charge < -0.3 is 4.90 Å². The van der Waals surface area contributed by atoms with E-state index in [1.807, 2.05) is 24.8 Å². The Kier molecular flexibility index (Phi) is 2.29. The van der Waals surface area contributed by atoms with Crippen LogP contribution in [0.2, 0.25) is 0 Å². The fourth-order valence-corrected chi connectivity index (χ4v) is 2.96. The molecule has 0 spiro atoms. The molecule has 16 heavy (non-hydrogen) atoms. The van der Waals surface area contributed by atoms with Crippen molar-refractivity contribution in [3.8, 4) is 0 Å². The van der Waals surface area contributed by atoms with Crippen LogP contribution in [0.4, 0.5) is 11.4 Å². The zero-order valence-corrected chi connectivity index (χ0v) is 9.74. The summed E-state index contributed by atoms with van der Waals surface area (Å²) < 4.78 is 0. The van der Waals surface area contributed by atoms with Gasteiger partial charge in [-0.25, -0.2) is 0 Å². The van der Waals surface area contributed by atoms with Gasteiger partial charge in [0.2, 0.25) is 0 Å². The van der Waals surface area contributed by atoms with Gasteiger partial charge in [-0.3, -0.25) is 9.97 Å². The summed E-state index contributed by atoms with van der Waals surface area (Å²) >= 11 is 1.76. The Bertz CT molecular complexity index is 482. The van der Waals surface area contributed by atoms with Crippen molar-refractivity contribution in [2.24, 2.45) is 0 Å². The standard InChI is InChI=1S/C12H11N3S/c1-2-15-9-3-5-14-8-12(9)16-11-4-6-13-7-10(11)15/h3-8H,2H2,1H3. The second kappa shape index (κ2) is 3.79. The number of hydrogen-bond acceptors (Lipinski definition) is 4. The molecule has 2 aromatic rings. The molecule has 0 N–H and O–H groups in total. The van der Waals surface area contributed by atoms with E-state index < -0.39 is 0 Å². The van der Waals surface area contributed by atoms with Gasteiger partial charge in [0.25, 0.3) is 0 Å². The average Bonchev–Trinajstić information content (AvgIpc) is 2.36. The quantitative estimate of drug-likeness (QED) is 0.751. The van der Waals surface area contributed by atoms with Crippen LogP contribution in [0, 0.1) is 0 Å². The topological polar surface area (TPSA) is 29.0 Å². The molecule has 0 bridgehead atoms. The van der Waals surface area contributed by atoms with Gasteiger partial charge in [-0.1, -0.05) is 11.8 Å². The Morgan fingerprint density at radius 2 is 1.88 bits per heavy atom. The van der Waals surface area contributed by atoms with Gasteiger partial charge in [0.15, 0.2) is 0 Å². The third-order valence-electron chi connectivity index (χ3n) is 2.64. The predicted octanol–water partition coefficient (Wildman–Crippen LogP) is 3.10. The first-order valence-corrected chi connectivity index (χ1v) is 6.05. The van der Waals surface area contributed by atoms with E-state index >= 15 is 0 Å². The predicted molar refractivity (Wildman–Crippen MR) is 65.3 cm³/mol. The van der Waals surface area contributed by atoms with Crippen LogP contribution in [0.5, 0.6) is 0 Å². The number of hydrogen-bond donors (Lipinski definition) is 0.